The van der Waals surface area contributed by atoms with E-state index in [9.17, 15) is 0 Å². The number of hydrogen-bond donors (Lipinski definition) is 2. The minimum atomic E-state index is -0.102. The van der Waals surface area contributed by atoms with E-state index in [-0.39, 0.29) is 5.84 Å². The summed E-state index contributed by atoms with van der Waals surface area (Å²) in [7, 11) is 0. The van der Waals surface area contributed by atoms with E-state index >= 15 is 0 Å². The summed E-state index contributed by atoms with van der Waals surface area (Å²) in [5.41, 5.74) is 5.75. The molecule has 76 valence electrons. The zero-order chi connectivity index (χ0) is 10.7. The second-order valence-corrected chi connectivity index (χ2v) is 4.45. The Morgan fingerprint density at radius 3 is 2.80 bits per heavy atom. The van der Waals surface area contributed by atoms with Crippen LogP contribution in [0.3, 0.4) is 0 Å². The molecule has 0 aliphatic rings. The van der Waals surface area contributed by atoms with Gasteiger partial charge in [0.25, 0.3) is 0 Å². The lowest BCUT2D eigenvalue weighted by molar-refractivity contribution is 1.02. The first kappa shape index (κ1) is 9.99. The Morgan fingerprint density at radius 2 is 2.13 bits per heavy atom. The molecular weight excluding hydrogens is 232 g/mol. The molecule has 2 aromatic rings. The Hall–Kier alpha value is -1.54. The average Bonchev–Trinajstić information content (AvgIpc) is 2.71. The Bertz CT molecular complexity index is 468. The fraction of sp³-hybridized carbons (Fsp3) is 0. The van der Waals surface area contributed by atoms with Gasteiger partial charge < -0.3 is 5.73 Å². The van der Waals surface area contributed by atoms with Gasteiger partial charge in [0.2, 0.25) is 0 Å². The third-order valence-corrected chi connectivity index (χ3v) is 3.15. The van der Waals surface area contributed by atoms with Gasteiger partial charge in [0.1, 0.15) is 22.9 Å². The molecule has 2 aromatic heterocycles. The van der Waals surface area contributed by atoms with E-state index in [0.717, 1.165) is 4.34 Å². The van der Waals surface area contributed by atoms with E-state index in [4.69, 9.17) is 11.1 Å². The number of nitrogens with two attached hydrogens (primary N) is 1. The zero-order valence-electron chi connectivity index (χ0n) is 7.41. The number of amidine groups is 1. The number of aromatic nitrogens is 4. The summed E-state index contributed by atoms with van der Waals surface area (Å²) in [5.74, 6) is -0.102. The quantitative estimate of drug-likeness (QED) is 0.604. The van der Waals surface area contributed by atoms with Gasteiger partial charge in [0, 0.05) is 12.4 Å². The SMILES string of the molecule is N=C(N)c1nccnc1Sc1ncns1. The topological polar surface area (TPSA) is 101 Å². The molecule has 0 aromatic carbocycles. The molecule has 2 heterocycles. The minimum absolute atomic E-state index is 0.102. The van der Waals surface area contributed by atoms with Crippen LogP contribution in [0.1, 0.15) is 5.69 Å². The molecule has 0 bridgehead atoms. The van der Waals surface area contributed by atoms with Crippen LogP contribution < -0.4 is 5.73 Å². The summed E-state index contributed by atoms with van der Waals surface area (Å²) in [4.78, 5) is 12.1. The van der Waals surface area contributed by atoms with Gasteiger partial charge in [-0.3, -0.25) is 5.41 Å². The van der Waals surface area contributed by atoms with Crippen LogP contribution in [0.25, 0.3) is 0 Å². The molecule has 0 radical (unpaired) electrons. The zero-order valence-corrected chi connectivity index (χ0v) is 9.05. The van der Waals surface area contributed by atoms with Crippen LogP contribution in [0.2, 0.25) is 0 Å². The molecule has 0 spiro atoms. The van der Waals surface area contributed by atoms with E-state index in [1.165, 1.54) is 35.8 Å². The summed E-state index contributed by atoms with van der Waals surface area (Å²) < 4.78 is 4.62. The van der Waals surface area contributed by atoms with Gasteiger partial charge in [-0.1, -0.05) is 0 Å². The first-order valence-corrected chi connectivity index (χ1v) is 5.46. The lowest BCUT2D eigenvalue weighted by Gasteiger charge is -2.01. The number of nitrogens with zero attached hydrogens (tertiary/aromatic N) is 4. The average molecular weight is 238 g/mol. The predicted molar refractivity (Wildman–Crippen MR) is 57.1 cm³/mol. The highest BCUT2D eigenvalue weighted by atomic mass is 32.2. The Morgan fingerprint density at radius 1 is 1.33 bits per heavy atom. The monoisotopic (exact) mass is 238 g/mol. The lowest BCUT2D eigenvalue weighted by atomic mass is 10.4. The number of rotatable bonds is 3. The third-order valence-electron chi connectivity index (χ3n) is 1.44. The third kappa shape index (κ3) is 2.28. The van der Waals surface area contributed by atoms with E-state index in [1.54, 1.807) is 6.20 Å². The van der Waals surface area contributed by atoms with Crippen molar-refractivity contribution in [1.29, 1.82) is 5.41 Å². The number of nitrogen functional groups attached to an aromatic ring is 1. The number of hydrogen-bond acceptors (Lipinski definition) is 7. The van der Waals surface area contributed by atoms with Crippen molar-refractivity contribution in [1.82, 2.24) is 19.3 Å². The molecule has 0 saturated carbocycles. The lowest BCUT2D eigenvalue weighted by Crippen LogP contribution is -2.14. The van der Waals surface area contributed by atoms with Crippen LogP contribution in [0, 0.1) is 5.41 Å². The molecule has 8 heteroatoms. The van der Waals surface area contributed by atoms with Crippen molar-refractivity contribution >= 4 is 29.1 Å². The minimum Gasteiger partial charge on any atom is -0.382 e. The van der Waals surface area contributed by atoms with Gasteiger partial charge in [0.05, 0.1) is 0 Å². The van der Waals surface area contributed by atoms with Crippen LogP contribution in [-0.4, -0.2) is 25.2 Å². The Balaban J connectivity index is 2.32. The second-order valence-electron chi connectivity index (χ2n) is 2.43. The van der Waals surface area contributed by atoms with Crippen molar-refractivity contribution in [3.63, 3.8) is 0 Å². The van der Waals surface area contributed by atoms with Crippen molar-refractivity contribution in [3.8, 4) is 0 Å². The molecule has 0 aliphatic carbocycles. The highest BCUT2D eigenvalue weighted by Gasteiger charge is 2.10. The molecular formula is C7H6N6S2. The summed E-state index contributed by atoms with van der Waals surface area (Å²) in [5, 5.41) is 7.91. The van der Waals surface area contributed by atoms with Crippen LogP contribution in [0.15, 0.2) is 28.1 Å². The largest absolute Gasteiger partial charge is 0.382 e. The van der Waals surface area contributed by atoms with E-state index < -0.39 is 0 Å². The van der Waals surface area contributed by atoms with Gasteiger partial charge in [-0.15, -0.1) is 0 Å². The molecule has 0 saturated heterocycles. The first-order valence-electron chi connectivity index (χ1n) is 3.87. The van der Waals surface area contributed by atoms with E-state index in [0.29, 0.717) is 10.7 Å². The normalized spacial score (nSPS) is 10.1. The first-order chi connectivity index (χ1) is 7.27. The molecule has 0 amide bonds. The van der Waals surface area contributed by atoms with Crippen molar-refractivity contribution in [2.24, 2.45) is 5.73 Å². The van der Waals surface area contributed by atoms with Gasteiger partial charge in [-0.05, 0) is 23.3 Å². The second kappa shape index (κ2) is 4.32. The maximum atomic E-state index is 7.33. The van der Waals surface area contributed by atoms with Gasteiger partial charge >= 0.3 is 0 Å². The Kier molecular flexibility index (Phi) is 2.88. The summed E-state index contributed by atoms with van der Waals surface area (Å²) in [6, 6.07) is 0. The molecule has 0 fully saturated rings. The summed E-state index contributed by atoms with van der Waals surface area (Å²) >= 11 is 2.56. The molecule has 2 rings (SSSR count). The van der Waals surface area contributed by atoms with Crippen molar-refractivity contribution < 1.29 is 0 Å². The van der Waals surface area contributed by atoms with Gasteiger partial charge in [0.15, 0.2) is 4.34 Å². The number of nitrogens with one attached hydrogen (secondary N) is 1. The molecule has 3 N–H and O–H groups in total. The van der Waals surface area contributed by atoms with Crippen LogP contribution in [0.4, 0.5) is 0 Å². The van der Waals surface area contributed by atoms with Crippen LogP contribution in [-0.2, 0) is 0 Å². The highest BCUT2D eigenvalue weighted by Crippen LogP contribution is 2.27. The van der Waals surface area contributed by atoms with Crippen molar-refractivity contribution in [2.75, 3.05) is 0 Å². The van der Waals surface area contributed by atoms with Crippen LogP contribution in [0.5, 0.6) is 0 Å². The molecule has 0 aliphatic heterocycles. The fourth-order valence-electron chi connectivity index (χ4n) is 0.875. The molecule has 0 atom stereocenters. The fourth-order valence-corrected chi connectivity index (χ4v) is 2.31. The Labute approximate surface area is 93.7 Å². The maximum absolute atomic E-state index is 7.33. The standard InChI is InChI=1S/C7H6N6S2/c8-5(9)4-6(11-2-1-10-4)14-7-12-3-13-15-7/h1-3H,(H3,8,9). The van der Waals surface area contributed by atoms with Crippen LogP contribution >= 0.6 is 23.3 Å². The molecule has 6 nitrogen and oxygen atoms in total. The smallest absolute Gasteiger partial charge is 0.176 e. The van der Waals surface area contributed by atoms with Gasteiger partial charge in [-0.2, -0.15) is 4.37 Å². The highest BCUT2D eigenvalue weighted by molar-refractivity contribution is 8.00. The maximum Gasteiger partial charge on any atom is 0.176 e. The van der Waals surface area contributed by atoms with E-state index in [2.05, 4.69) is 19.3 Å². The molecule has 15 heavy (non-hydrogen) atoms. The predicted octanol–water partition coefficient (Wildman–Crippen LogP) is 0.763. The van der Waals surface area contributed by atoms with Crippen molar-refractivity contribution in [3.05, 3.63) is 24.4 Å². The summed E-state index contributed by atoms with van der Waals surface area (Å²) in [6.07, 6.45) is 4.52. The van der Waals surface area contributed by atoms with Crippen molar-refractivity contribution in [2.45, 2.75) is 9.37 Å². The van der Waals surface area contributed by atoms with Gasteiger partial charge in [-0.25, -0.2) is 15.0 Å². The van der Waals surface area contributed by atoms with E-state index in [1.807, 2.05) is 0 Å². The molecule has 0 unspecified atom stereocenters. The summed E-state index contributed by atoms with van der Waals surface area (Å²) in [6.45, 7) is 0.